The summed E-state index contributed by atoms with van der Waals surface area (Å²) >= 11 is 0. The van der Waals surface area contributed by atoms with Crippen LogP contribution < -0.4 is 10.6 Å². The minimum Gasteiger partial charge on any atom is -0.384 e. The maximum atomic E-state index is 12.9. The summed E-state index contributed by atoms with van der Waals surface area (Å²) < 4.78 is 7.68. The van der Waals surface area contributed by atoms with Gasteiger partial charge in [0.05, 0.1) is 12.0 Å². The van der Waals surface area contributed by atoms with Crippen LogP contribution in [0.1, 0.15) is 31.4 Å². The summed E-state index contributed by atoms with van der Waals surface area (Å²) in [5.41, 5.74) is 2.79. The first-order valence-electron chi connectivity index (χ1n) is 9.88. The Morgan fingerprint density at radius 2 is 2.04 bits per heavy atom. The quantitative estimate of drug-likeness (QED) is 0.852. The Hall–Kier alpha value is -2.18. The Morgan fingerprint density at radius 1 is 1.26 bits per heavy atom. The topological polar surface area (TPSA) is 68.2 Å². The standard InChI is InChI=1S/C21H28N4O2/c1-27-15-21(9-11-22-12-10-21)20(26)24-17-7-5-16(6-8-17)19-23-14-18-4-2-3-13-25(18)19/h5-8,14,22H,2-4,9-13,15H2,1H3,(H,24,26). The third-order valence-corrected chi connectivity index (χ3v) is 5.87. The normalized spacial score (nSPS) is 18.7. The molecule has 0 bridgehead atoms. The van der Waals surface area contributed by atoms with E-state index in [4.69, 9.17) is 4.74 Å². The van der Waals surface area contributed by atoms with Crippen molar-refractivity contribution in [1.29, 1.82) is 0 Å². The lowest BCUT2D eigenvalue weighted by Crippen LogP contribution is -2.47. The van der Waals surface area contributed by atoms with Crippen molar-refractivity contribution in [3.8, 4) is 11.4 Å². The van der Waals surface area contributed by atoms with Gasteiger partial charge in [0.15, 0.2) is 0 Å². The van der Waals surface area contributed by atoms with Crippen molar-refractivity contribution in [2.45, 2.75) is 38.6 Å². The number of amides is 1. The predicted octanol–water partition coefficient (Wildman–Crippen LogP) is 2.84. The van der Waals surface area contributed by atoms with E-state index in [1.807, 2.05) is 30.5 Å². The van der Waals surface area contributed by atoms with Gasteiger partial charge in [0, 0.05) is 36.8 Å². The summed E-state index contributed by atoms with van der Waals surface area (Å²) in [6.07, 6.45) is 7.15. The number of fused-ring (bicyclic) bond motifs is 1. The fourth-order valence-corrected chi connectivity index (χ4v) is 4.25. The van der Waals surface area contributed by atoms with Crippen LogP contribution in [0.5, 0.6) is 0 Å². The number of nitrogens with one attached hydrogen (secondary N) is 2. The molecule has 0 radical (unpaired) electrons. The summed E-state index contributed by atoms with van der Waals surface area (Å²) in [4.78, 5) is 17.6. The van der Waals surface area contributed by atoms with Crippen molar-refractivity contribution in [2.75, 3.05) is 32.1 Å². The number of ether oxygens (including phenoxy) is 1. The van der Waals surface area contributed by atoms with Crippen LogP contribution in [0.15, 0.2) is 30.5 Å². The first-order chi connectivity index (χ1) is 13.2. The number of piperidine rings is 1. The number of nitrogens with zero attached hydrogens (tertiary/aromatic N) is 2. The van der Waals surface area contributed by atoms with Crippen LogP contribution in [0.3, 0.4) is 0 Å². The number of hydrogen-bond acceptors (Lipinski definition) is 4. The number of aryl methyl sites for hydroxylation is 1. The maximum Gasteiger partial charge on any atom is 0.233 e. The average Bonchev–Trinajstić information content (AvgIpc) is 3.14. The third-order valence-electron chi connectivity index (χ3n) is 5.87. The molecule has 1 saturated heterocycles. The van der Waals surface area contributed by atoms with Crippen LogP contribution in [-0.2, 0) is 22.5 Å². The smallest absolute Gasteiger partial charge is 0.233 e. The fourth-order valence-electron chi connectivity index (χ4n) is 4.25. The summed E-state index contributed by atoms with van der Waals surface area (Å²) in [6.45, 7) is 3.19. The molecule has 0 aliphatic carbocycles. The van der Waals surface area contributed by atoms with Gasteiger partial charge in [0.2, 0.25) is 5.91 Å². The van der Waals surface area contributed by atoms with Crippen molar-refractivity contribution in [3.05, 3.63) is 36.2 Å². The van der Waals surface area contributed by atoms with Crippen LogP contribution in [0.4, 0.5) is 5.69 Å². The SMILES string of the molecule is COCC1(C(=O)Nc2ccc(-c3ncc4n3CCCC4)cc2)CCNCC1. The number of rotatable bonds is 5. The molecule has 1 amide bonds. The molecule has 3 heterocycles. The lowest BCUT2D eigenvalue weighted by Gasteiger charge is -2.35. The van der Waals surface area contributed by atoms with Crippen molar-refractivity contribution in [3.63, 3.8) is 0 Å². The zero-order valence-corrected chi connectivity index (χ0v) is 16.0. The zero-order valence-electron chi connectivity index (χ0n) is 16.0. The molecule has 2 aromatic rings. The van der Waals surface area contributed by atoms with Gasteiger partial charge in [0.1, 0.15) is 5.82 Å². The van der Waals surface area contributed by atoms with Gasteiger partial charge in [-0.3, -0.25) is 4.79 Å². The van der Waals surface area contributed by atoms with Gasteiger partial charge in [-0.1, -0.05) is 0 Å². The van der Waals surface area contributed by atoms with E-state index in [2.05, 4.69) is 20.2 Å². The lowest BCUT2D eigenvalue weighted by atomic mass is 9.78. The zero-order chi connectivity index (χ0) is 18.7. The molecule has 0 spiro atoms. The molecule has 27 heavy (non-hydrogen) atoms. The third kappa shape index (κ3) is 3.64. The molecular formula is C21H28N4O2. The van der Waals surface area contributed by atoms with Crippen LogP contribution in [0.25, 0.3) is 11.4 Å². The molecule has 0 atom stereocenters. The molecule has 0 unspecified atom stereocenters. The van der Waals surface area contributed by atoms with E-state index in [0.717, 1.165) is 56.0 Å². The second-order valence-electron chi connectivity index (χ2n) is 7.68. The van der Waals surface area contributed by atoms with Crippen molar-refractivity contribution in [1.82, 2.24) is 14.9 Å². The number of carbonyl (C=O) groups excluding carboxylic acids is 1. The molecule has 2 aliphatic rings. The molecule has 2 aliphatic heterocycles. The molecule has 144 valence electrons. The summed E-state index contributed by atoms with van der Waals surface area (Å²) in [5.74, 6) is 1.08. The molecule has 4 rings (SSSR count). The van der Waals surface area contributed by atoms with E-state index in [1.54, 1.807) is 7.11 Å². The van der Waals surface area contributed by atoms with Gasteiger partial charge in [-0.15, -0.1) is 0 Å². The van der Waals surface area contributed by atoms with Gasteiger partial charge < -0.3 is 19.9 Å². The Kier molecular flexibility index (Phi) is 5.27. The molecule has 1 aromatic heterocycles. The molecular weight excluding hydrogens is 340 g/mol. The van der Waals surface area contributed by atoms with Gasteiger partial charge in [-0.2, -0.15) is 0 Å². The molecule has 1 aromatic carbocycles. The van der Waals surface area contributed by atoms with E-state index in [1.165, 1.54) is 18.5 Å². The van der Waals surface area contributed by atoms with Crippen LogP contribution in [0, 0.1) is 5.41 Å². The van der Waals surface area contributed by atoms with Crippen molar-refractivity contribution >= 4 is 11.6 Å². The average molecular weight is 368 g/mol. The first-order valence-corrected chi connectivity index (χ1v) is 9.88. The van der Waals surface area contributed by atoms with Gasteiger partial charge in [0.25, 0.3) is 0 Å². The summed E-state index contributed by atoms with van der Waals surface area (Å²) in [5, 5.41) is 6.42. The number of hydrogen-bond donors (Lipinski definition) is 2. The Bertz CT molecular complexity index is 786. The second-order valence-corrected chi connectivity index (χ2v) is 7.68. The highest BCUT2D eigenvalue weighted by Crippen LogP contribution is 2.31. The van der Waals surface area contributed by atoms with Crippen LogP contribution in [-0.4, -0.2) is 42.3 Å². The fraction of sp³-hybridized carbons (Fsp3) is 0.524. The van der Waals surface area contributed by atoms with Gasteiger partial charge in [-0.05, 0) is 69.5 Å². The molecule has 6 nitrogen and oxygen atoms in total. The van der Waals surface area contributed by atoms with E-state index in [0.29, 0.717) is 6.61 Å². The van der Waals surface area contributed by atoms with Crippen LogP contribution in [0.2, 0.25) is 0 Å². The molecule has 0 saturated carbocycles. The van der Waals surface area contributed by atoms with E-state index < -0.39 is 5.41 Å². The maximum absolute atomic E-state index is 12.9. The van der Waals surface area contributed by atoms with Gasteiger partial charge in [-0.25, -0.2) is 4.98 Å². The number of anilines is 1. The molecule has 6 heteroatoms. The lowest BCUT2D eigenvalue weighted by molar-refractivity contribution is -0.130. The Balaban J connectivity index is 1.49. The Morgan fingerprint density at radius 3 is 2.78 bits per heavy atom. The number of methoxy groups -OCH3 is 1. The predicted molar refractivity (Wildman–Crippen MR) is 106 cm³/mol. The van der Waals surface area contributed by atoms with Crippen molar-refractivity contribution in [2.24, 2.45) is 5.41 Å². The largest absolute Gasteiger partial charge is 0.384 e. The number of benzene rings is 1. The van der Waals surface area contributed by atoms with E-state index in [9.17, 15) is 4.79 Å². The highest BCUT2D eigenvalue weighted by molar-refractivity contribution is 5.95. The minimum atomic E-state index is -0.444. The Labute approximate surface area is 160 Å². The molecule has 2 N–H and O–H groups in total. The summed E-state index contributed by atoms with van der Waals surface area (Å²) in [7, 11) is 1.66. The number of carbonyl (C=O) groups is 1. The highest BCUT2D eigenvalue weighted by atomic mass is 16.5. The minimum absolute atomic E-state index is 0.0526. The van der Waals surface area contributed by atoms with Crippen LogP contribution >= 0.6 is 0 Å². The van der Waals surface area contributed by atoms with Crippen molar-refractivity contribution < 1.29 is 9.53 Å². The van der Waals surface area contributed by atoms with E-state index >= 15 is 0 Å². The second kappa shape index (κ2) is 7.82. The first kappa shape index (κ1) is 18.2. The number of aromatic nitrogens is 2. The molecule has 1 fully saturated rings. The van der Waals surface area contributed by atoms with Gasteiger partial charge >= 0.3 is 0 Å². The highest BCUT2D eigenvalue weighted by Gasteiger charge is 2.39. The van der Waals surface area contributed by atoms with E-state index in [-0.39, 0.29) is 5.91 Å². The monoisotopic (exact) mass is 368 g/mol. The summed E-state index contributed by atoms with van der Waals surface area (Å²) in [6, 6.07) is 8.04. The number of imidazole rings is 1.